The Morgan fingerprint density at radius 3 is 2.47 bits per heavy atom. The Morgan fingerprint density at radius 1 is 1.32 bits per heavy atom. The number of hydrogen-bond acceptors (Lipinski definition) is 3. The predicted molar refractivity (Wildman–Crippen MR) is 74.6 cm³/mol. The smallest absolute Gasteiger partial charge is 0.224 e. The fourth-order valence-electron chi connectivity index (χ4n) is 2.52. The van der Waals surface area contributed by atoms with Gasteiger partial charge in [-0.25, -0.2) is 0 Å². The summed E-state index contributed by atoms with van der Waals surface area (Å²) in [6, 6.07) is 9.52. The van der Waals surface area contributed by atoms with E-state index in [-0.39, 0.29) is 24.2 Å². The number of carbonyl (C=O) groups excluding carboxylic acids is 1. The SMILES string of the molecule is CC1CN(C(=O)CC(N)c2ccccc2)CC(C)O1. The molecule has 1 aliphatic heterocycles. The second kappa shape index (κ2) is 6.17. The zero-order chi connectivity index (χ0) is 13.8. The van der Waals surface area contributed by atoms with Crippen molar-refractivity contribution >= 4 is 5.91 Å². The van der Waals surface area contributed by atoms with E-state index in [1.54, 1.807) is 0 Å². The fourth-order valence-corrected chi connectivity index (χ4v) is 2.52. The van der Waals surface area contributed by atoms with Crippen molar-refractivity contribution in [2.75, 3.05) is 13.1 Å². The summed E-state index contributed by atoms with van der Waals surface area (Å²) in [5, 5.41) is 0. The molecule has 104 valence electrons. The van der Waals surface area contributed by atoms with Gasteiger partial charge < -0.3 is 15.4 Å². The molecule has 1 amide bonds. The maximum Gasteiger partial charge on any atom is 0.224 e. The molecular weight excluding hydrogens is 240 g/mol. The third-order valence-corrected chi connectivity index (χ3v) is 3.39. The minimum absolute atomic E-state index is 0.0978. The Balaban J connectivity index is 1.93. The van der Waals surface area contributed by atoms with Crippen LogP contribution in [0.4, 0.5) is 0 Å². The zero-order valence-corrected chi connectivity index (χ0v) is 11.6. The lowest BCUT2D eigenvalue weighted by Crippen LogP contribution is -2.48. The molecular formula is C15H22N2O2. The van der Waals surface area contributed by atoms with Crippen molar-refractivity contribution in [2.24, 2.45) is 5.73 Å². The number of benzene rings is 1. The number of ether oxygens (including phenoxy) is 1. The molecule has 0 radical (unpaired) electrons. The van der Waals surface area contributed by atoms with Crippen LogP contribution < -0.4 is 5.73 Å². The van der Waals surface area contributed by atoms with Crippen LogP contribution in [-0.4, -0.2) is 36.1 Å². The molecule has 1 heterocycles. The lowest BCUT2D eigenvalue weighted by Gasteiger charge is -2.35. The van der Waals surface area contributed by atoms with E-state index in [0.29, 0.717) is 19.5 Å². The van der Waals surface area contributed by atoms with E-state index in [9.17, 15) is 4.79 Å². The summed E-state index contributed by atoms with van der Waals surface area (Å²) in [7, 11) is 0. The molecule has 1 aliphatic rings. The molecule has 4 nitrogen and oxygen atoms in total. The molecule has 2 N–H and O–H groups in total. The molecule has 19 heavy (non-hydrogen) atoms. The third kappa shape index (κ3) is 3.78. The number of nitrogens with two attached hydrogens (primary N) is 1. The maximum absolute atomic E-state index is 12.3. The Hall–Kier alpha value is -1.39. The van der Waals surface area contributed by atoms with Crippen LogP contribution >= 0.6 is 0 Å². The molecule has 3 unspecified atom stereocenters. The molecule has 1 aromatic carbocycles. The quantitative estimate of drug-likeness (QED) is 0.902. The average Bonchev–Trinajstić information content (AvgIpc) is 2.38. The fraction of sp³-hybridized carbons (Fsp3) is 0.533. The number of morpholine rings is 1. The summed E-state index contributed by atoms with van der Waals surface area (Å²) in [5.74, 6) is 0.110. The highest BCUT2D eigenvalue weighted by molar-refractivity contribution is 5.77. The molecule has 0 saturated carbocycles. The largest absolute Gasteiger partial charge is 0.372 e. The van der Waals surface area contributed by atoms with Gasteiger partial charge in [-0.2, -0.15) is 0 Å². The van der Waals surface area contributed by atoms with Gasteiger partial charge >= 0.3 is 0 Å². The molecule has 0 aromatic heterocycles. The number of carbonyl (C=O) groups is 1. The van der Waals surface area contributed by atoms with Gasteiger partial charge in [0.15, 0.2) is 0 Å². The van der Waals surface area contributed by atoms with Crippen LogP contribution in [0.1, 0.15) is 31.9 Å². The van der Waals surface area contributed by atoms with Crippen molar-refractivity contribution in [3.05, 3.63) is 35.9 Å². The van der Waals surface area contributed by atoms with Crippen LogP contribution in [0.2, 0.25) is 0 Å². The maximum atomic E-state index is 12.3. The highest BCUT2D eigenvalue weighted by Crippen LogP contribution is 2.17. The van der Waals surface area contributed by atoms with Crippen molar-refractivity contribution in [3.8, 4) is 0 Å². The first kappa shape index (κ1) is 14.0. The normalized spacial score (nSPS) is 25.1. The summed E-state index contributed by atoms with van der Waals surface area (Å²) in [6.07, 6.45) is 0.546. The first-order valence-corrected chi connectivity index (χ1v) is 6.80. The van der Waals surface area contributed by atoms with E-state index in [0.717, 1.165) is 5.56 Å². The van der Waals surface area contributed by atoms with Crippen molar-refractivity contribution < 1.29 is 9.53 Å². The molecule has 2 rings (SSSR count). The van der Waals surface area contributed by atoms with Gasteiger partial charge in [0.25, 0.3) is 0 Å². The number of hydrogen-bond donors (Lipinski definition) is 1. The number of amides is 1. The predicted octanol–water partition coefficient (Wildman–Crippen LogP) is 1.71. The van der Waals surface area contributed by atoms with E-state index < -0.39 is 0 Å². The van der Waals surface area contributed by atoms with Crippen molar-refractivity contribution in [1.82, 2.24) is 4.90 Å². The van der Waals surface area contributed by atoms with Gasteiger partial charge in [-0.1, -0.05) is 30.3 Å². The first-order chi connectivity index (χ1) is 9.06. The Morgan fingerprint density at radius 2 is 1.89 bits per heavy atom. The van der Waals surface area contributed by atoms with Gasteiger partial charge in [0.05, 0.1) is 12.2 Å². The topological polar surface area (TPSA) is 55.6 Å². The van der Waals surface area contributed by atoms with E-state index in [1.165, 1.54) is 0 Å². The summed E-state index contributed by atoms with van der Waals surface area (Å²) in [6.45, 7) is 5.30. The lowest BCUT2D eigenvalue weighted by atomic mass is 10.0. The van der Waals surface area contributed by atoms with Crippen molar-refractivity contribution in [2.45, 2.75) is 38.5 Å². The molecule has 4 heteroatoms. The minimum atomic E-state index is -0.234. The zero-order valence-electron chi connectivity index (χ0n) is 11.6. The van der Waals surface area contributed by atoms with Crippen LogP contribution in [0, 0.1) is 0 Å². The number of nitrogens with zero attached hydrogens (tertiary/aromatic N) is 1. The summed E-state index contributed by atoms with van der Waals surface area (Å²) >= 11 is 0. The molecule has 0 bridgehead atoms. The van der Waals surface area contributed by atoms with E-state index in [2.05, 4.69) is 0 Å². The van der Waals surface area contributed by atoms with E-state index in [4.69, 9.17) is 10.5 Å². The standard InChI is InChI=1S/C15H22N2O2/c1-11-9-17(10-12(2)19-11)15(18)8-14(16)13-6-4-3-5-7-13/h3-7,11-12,14H,8-10,16H2,1-2H3. The van der Waals surface area contributed by atoms with Gasteiger partial charge in [-0.3, -0.25) is 4.79 Å². The minimum Gasteiger partial charge on any atom is -0.372 e. The second-order valence-electron chi connectivity index (χ2n) is 5.28. The average molecular weight is 262 g/mol. The van der Waals surface area contributed by atoms with Crippen LogP contribution in [0.3, 0.4) is 0 Å². The molecule has 3 atom stereocenters. The molecule has 1 saturated heterocycles. The van der Waals surface area contributed by atoms with E-state index >= 15 is 0 Å². The van der Waals surface area contributed by atoms with Gasteiger partial charge in [-0.15, -0.1) is 0 Å². The molecule has 0 spiro atoms. The second-order valence-corrected chi connectivity index (χ2v) is 5.28. The molecule has 1 fully saturated rings. The summed E-state index contributed by atoms with van der Waals surface area (Å²) < 4.78 is 5.63. The monoisotopic (exact) mass is 262 g/mol. The summed E-state index contributed by atoms with van der Waals surface area (Å²) in [5.41, 5.74) is 7.10. The Kier molecular flexibility index (Phi) is 4.56. The Labute approximate surface area is 114 Å². The van der Waals surface area contributed by atoms with Crippen LogP contribution in [0.15, 0.2) is 30.3 Å². The van der Waals surface area contributed by atoms with Crippen molar-refractivity contribution in [1.29, 1.82) is 0 Å². The highest BCUT2D eigenvalue weighted by Gasteiger charge is 2.26. The molecule has 1 aromatic rings. The van der Waals surface area contributed by atoms with Gasteiger partial charge in [0.1, 0.15) is 0 Å². The molecule has 0 aliphatic carbocycles. The van der Waals surface area contributed by atoms with Crippen LogP contribution in [-0.2, 0) is 9.53 Å². The van der Waals surface area contributed by atoms with Gasteiger partial charge in [0.2, 0.25) is 5.91 Å². The Bertz CT molecular complexity index is 411. The van der Waals surface area contributed by atoms with Gasteiger partial charge in [-0.05, 0) is 19.4 Å². The lowest BCUT2D eigenvalue weighted by molar-refractivity contribution is -0.143. The third-order valence-electron chi connectivity index (χ3n) is 3.39. The highest BCUT2D eigenvalue weighted by atomic mass is 16.5. The van der Waals surface area contributed by atoms with E-state index in [1.807, 2.05) is 49.1 Å². The van der Waals surface area contributed by atoms with Crippen LogP contribution in [0.5, 0.6) is 0 Å². The first-order valence-electron chi connectivity index (χ1n) is 6.80. The van der Waals surface area contributed by atoms with Crippen molar-refractivity contribution in [3.63, 3.8) is 0 Å². The van der Waals surface area contributed by atoms with Crippen LogP contribution in [0.25, 0.3) is 0 Å². The number of rotatable bonds is 3. The summed E-state index contributed by atoms with van der Waals surface area (Å²) in [4.78, 5) is 14.1. The van der Waals surface area contributed by atoms with Gasteiger partial charge in [0, 0.05) is 25.6 Å².